The van der Waals surface area contributed by atoms with Crippen LogP contribution in [0.1, 0.15) is 31.9 Å². The Hall–Kier alpha value is -1.52. The van der Waals surface area contributed by atoms with E-state index < -0.39 is 6.10 Å². The molecule has 1 atom stereocenters. The van der Waals surface area contributed by atoms with Gasteiger partial charge in [-0.05, 0) is 25.5 Å². The normalized spacial score (nSPS) is 11.1. The van der Waals surface area contributed by atoms with E-state index in [1.165, 1.54) is 0 Å². The molecule has 0 fully saturated rings. The molecule has 0 aromatic heterocycles. The molecular formula is C16H26O4. The topological polar surface area (TPSA) is 58.9 Å². The fourth-order valence-electron chi connectivity index (χ4n) is 1.35. The molecule has 1 unspecified atom stereocenters. The molecule has 0 aliphatic heterocycles. The van der Waals surface area contributed by atoms with Crippen LogP contribution in [0.5, 0.6) is 5.75 Å². The fourth-order valence-corrected chi connectivity index (χ4v) is 1.35. The summed E-state index contributed by atoms with van der Waals surface area (Å²) in [5.41, 5.74) is 1.94. The average Bonchev–Trinajstić information content (AvgIpc) is 2.45. The largest absolute Gasteiger partial charge is 0.494 e. The molecule has 114 valence electrons. The second kappa shape index (κ2) is 10.3. The van der Waals surface area contributed by atoms with Gasteiger partial charge >= 0.3 is 0 Å². The van der Waals surface area contributed by atoms with Gasteiger partial charge in [0.25, 0.3) is 0 Å². The highest BCUT2D eigenvalue weighted by Gasteiger charge is 2.08. The molecule has 0 aliphatic carbocycles. The van der Waals surface area contributed by atoms with Crippen molar-refractivity contribution in [1.82, 2.24) is 0 Å². The molecule has 0 amide bonds. The zero-order valence-electron chi connectivity index (χ0n) is 12.8. The summed E-state index contributed by atoms with van der Waals surface area (Å²) in [7, 11) is 0. The van der Waals surface area contributed by atoms with Crippen molar-refractivity contribution in [3.05, 3.63) is 41.7 Å². The fraction of sp³-hybridized carbons (Fsp3) is 0.500. The number of aliphatic hydroxyl groups excluding tert-OH is 2. The molecule has 0 saturated carbocycles. The Morgan fingerprint density at radius 3 is 2.55 bits per heavy atom. The van der Waals surface area contributed by atoms with Crippen molar-refractivity contribution in [2.45, 2.75) is 40.4 Å². The van der Waals surface area contributed by atoms with Crippen molar-refractivity contribution in [2.24, 2.45) is 0 Å². The molecule has 0 spiro atoms. The number of aryl methyl sites for hydroxylation is 1. The second-order valence-corrected chi connectivity index (χ2v) is 4.25. The van der Waals surface area contributed by atoms with Gasteiger partial charge in [0.05, 0.1) is 12.4 Å². The van der Waals surface area contributed by atoms with Crippen molar-refractivity contribution in [2.75, 3.05) is 13.2 Å². The Kier molecular flexibility index (Phi) is 9.51. The molecule has 1 aromatic rings. The maximum absolute atomic E-state index is 9.28. The van der Waals surface area contributed by atoms with Crippen LogP contribution in [0.3, 0.4) is 0 Å². The first kappa shape index (κ1) is 18.5. The summed E-state index contributed by atoms with van der Waals surface area (Å²) < 4.78 is 10.8. The summed E-state index contributed by atoms with van der Waals surface area (Å²) in [5, 5.41) is 18.0. The monoisotopic (exact) mass is 282 g/mol. The maximum Gasteiger partial charge on any atom is 0.126 e. The van der Waals surface area contributed by atoms with Crippen LogP contribution in [-0.2, 0) is 11.3 Å². The van der Waals surface area contributed by atoms with E-state index in [1.54, 1.807) is 6.92 Å². The Morgan fingerprint density at radius 1 is 1.35 bits per heavy atom. The van der Waals surface area contributed by atoms with Crippen LogP contribution in [0.2, 0.25) is 0 Å². The third-order valence-corrected chi connectivity index (χ3v) is 2.34. The van der Waals surface area contributed by atoms with Crippen LogP contribution < -0.4 is 4.74 Å². The van der Waals surface area contributed by atoms with Crippen LogP contribution in [0.25, 0.3) is 0 Å². The first-order valence-electron chi connectivity index (χ1n) is 6.82. The number of rotatable bonds is 7. The van der Waals surface area contributed by atoms with E-state index >= 15 is 0 Å². The van der Waals surface area contributed by atoms with E-state index in [0.29, 0.717) is 18.1 Å². The summed E-state index contributed by atoms with van der Waals surface area (Å²) in [5.74, 6) is 1.29. The average molecular weight is 282 g/mol. The molecule has 0 bridgehead atoms. The first-order chi connectivity index (χ1) is 9.52. The Balaban J connectivity index is 0.00000172. The molecule has 1 rings (SSSR count). The summed E-state index contributed by atoms with van der Waals surface area (Å²) >= 11 is 0. The molecule has 1 aromatic carbocycles. The molecule has 20 heavy (non-hydrogen) atoms. The number of allylic oxidation sites excluding steroid dienone is 1. The molecular weight excluding hydrogens is 256 g/mol. The van der Waals surface area contributed by atoms with Gasteiger partial charge in [-0.1, -0.05) is 32.6 Å². The van der Waals surface area contributed by atoms with Crippen LogP contribution in [0, 0.1) is 6.92 Å². The predicted molar refractivity (Wildman–Crippen MR) is 80.7 cm³/mol. The van der Waals surface area contributed by atoms with Crippen molar-refractivity contribution in [3.63, 3.8) is 0 Å². The lowest BCUT2D eigenvalue weighted by atomic mass is 10.1. The van der Waals surface area contributed by atoms with Crippen molar-refractivity contribution in [3.8, 4) is 5.75 Å². The Bertz CT molecular complexity index is 401. The van der Waals surface area contributed by atoms with Crippen molar-refractivity contribution in [1.29, 1.82) is 0 Å². The lowest BCUT2D eigenvalue weighted by molar-refractivity contribution is 0.0526. The third kappa shape index (κ3) is 7.16. The minimum absolute atomic E-state index is 0.0556. The van der Waals surface area contributed by atoms with E-state index in [9.17, 15) is 5.11 Å². The quantitative estimate of drug-likeness (QED) is 0.755. The lowest BCUT2D eigenvalue weighted by Crippen LogP contribution is -2.21. The lowest BCUT2D eigenvalue weighted by Gasteiger charge is -2.15. The van der Waals surface area contributed by atoms with Gasteiger partial charge in [0, 0.05) is 5.56 Å². The molecule has 2 N–H and O–H groups in total. The molecule has 0 radical (unpaired) electrons. The van der Waals surface area contributed by atoms with E-state index in [-0.39, 0.29) is 13.2 Å². The number of ether oxygens (including phenoxy) is 2. The molecule has 4 heteroatoms. The summed E-state index contributed by atoms with van der Waals surface area (Å²) in [6.07, 6.45) is -0.875. The van der Waals surface area contributed by atoms with Crippen LogP contribution in [-0.4, -0.2) is 29.5 Å². The SMILES string of the molecule is C=C(C)OCc1ccc(C)cc1OCC(O)CO.CC. The number of hydrogen-bond acceptors (Lipinski definition) is 4. The zero-order chi connectivity index (χ0) is 15.5. The zero-order valence-corrected chi connectivity index (χ0v) is 12.8. The van der Waals surface area contributed by atoms with E-state index in [0.717, 1.165) is 11.1 Å². The van der Waals surface area contributed by atoms with Gasteiger partial charge in [0.15, 0.2) is 0 Å². The number of aliphatic hydroxyl groups is 2. The van der Waals surface area contributed by atoms with E-state index in [2.05, 4.69) is 6.58 Å². The molecule has 0 saturated heterocycles. The summed E-state index contributed by atoms with van der Waals surface area (Å²) in [6.45, 7) is 11.5. The van der Waals surface area contributed by atoms with E-state index in [1.807, 2.05) is 39.0 Å². The predicted octanol–water partition coefficient (Wildman–Crippen LogP) is 2.80. The van der Waals surface area contributed by atoms with E-state index in [4.69, 9.17) is 14.6 Å². The number of hydrogen-bond donors (Lipinski definition) is 2. The van der Waals surface area contributed by atoms with Crippen LogP contribution in [0.4, 0.5) is 0 Å². The summed E-state index contributed by atoms with van der Waals surface area (Å²) in [6, 6.07) is 5.76. The minimum atomic E-state index is -0.875. The Labute approximate surface area is 121 Å². The first-order valence-corrected chi connectivity index (χ1v) is 6.82. The van der Waals surface area contributed by atoms with Gasteiger partial charge in [-0.25, -0.2) is 0 Å². The second-order valence-electron chi connectivity index (χ2n) is 4.25. The smallest absolute Gasteiger partial charge is 0.126 e. The standard InChI is InChI=1S/C14H20O4.C2H6/c1-10(2)17-8-12-5-4-11(3)6-14(12)18-9-13(16)7-15;1-2/h4-6,13,15-16H,1,7-9H2,2-3H3;1-2H3. The van der Waals surface area contributed by atoms with Gasteiger partial charge in [0.1, 0.15) is 25.1 Å². The molecule has 0 heterocycles. The molecule has 0 aliphatic rings. The third-order valence-electron chi connectivity index (χ3n) is 2.34. The van der Waals surface area contributed by atoms with Gasteiger partial charge < -0.3 is 19.7 Å². The van der Waals surface area contributed by atoms with Gasteiger partial charge in [-0.3, -0.25) is 0 Å². The molecule has 4 nitrogen and oxygen atoms in total. The van der Waals surface area contributed by atoms with Gasteiger partial charge in [0.2, 0.25) is 0 Å². The highest BCUT2D eigenvalue weighted by atomic mass is 16.5. The van der Waals surface area contributed by atoms with Gasteiger partial charge in [-0.2, -0.15) is 0 Å². The highest BCUT2D eigenvalue weighted by molar-refractivity contribution is 5.36. The number of benzene rings is 1. The van der Waals surface area contributed by atoms with Crippen LogP contribution >= 0.6 is 0 Å². The maximum atomic E-state index is 9.28. The van der Waals surface area contributed by atoms with Crippen molar-refractivity contribution < 1.29 is 19.7 Å². The highest BCUT2D eigenvalue weighted by Crippen LogP contribution is 2.22. The van der Waals surface area contributed by atoms with Crippen LogP contribution in [0.15, 0.2) is 30.5 Å². The Morgan fingerprint density at radius 2 is 2.00 bits per heavy atom. The summed E-state index contributed by atoms with van der Waals surface area (Å²) in [4.78, 5) is 0. The van der Waals surface area contributed by atoms with Crippen molar-refractivity contribution >= 4 is 0 Å². The van der Waals surface area contributed by atoms with Gasteiger partial charge in [-0.15, -0.1) is 0 Å². The minimum Gasteiger partial charge on any atom is -0.494 e.